The SMILES string of the molecule is O=C(O)CCc1nnc(-c2ccc(F)c(F)c2F)o1. The molecule has 0 aliphatic carbocycles. The Kier molecular flexibility index (Phi) is 3.50. The number of halogens is 3. The van der Waals surface area contributed by atoms with Crippen molar-refractivity contribution in [1.82, 2.24) is 10.2 Å². The lowest BCUT2D eigenvalue weighted by Crippen LogP contribution is -1.97. The summed E-state index contributed by atoms with van der Waals surface area (Å²) in [7, 11) is 0. The van der Waals surface area contributed by atoms with Gasteiger partial charge in [-0.15, -0.1) is 10.2 Å². The van der Waals surface area contributed by atoms with E-state index in [0.29, 0.717) is 0 Å². The van der Waals surface area contributed by atoms with Crippen molar-refractivity contribution in [2.45, 2.75) is 12.8 Å². The Balaban J connectivity index is 2.28. The first-order valence-electron chi connectivity index (χ1n) is 5.17. The van der Waals surface area contributed by atoms with E-state index in [4.69, 9.17) is 9.52 Å². The maximum absolute atomic E-state index is 13.4. The zero-order valence-electron chi connectivity index (χ0n) is 9.36. The predicted octanol–water partition coefficient (Wildman–Crippen LogP) is 2.17. The third-order valence-corrected chi connectivity index (χ3v) is 2.29. The van der Waals surface area contributed by atoms with E-state index in [1.54, 1.807) is 0 Å². The molecule has 0 radical (unpaired) electrons. The first-order valence-corrected chi connectivity index (χ1v) is 5.17. The highest BCUT2D eigenvalue weighted by Gasteiger charge is 2.19. The maximum atomic E-state index is 13.4. The summed E-state index contributed by atoms with van der Waals surface area (Å²) in [5.41, 5.74) is -0.382. The van der Waals surface area contributed by atoms with Crippen LogP contribution >= 0.6 is 0 Å². The fraction of sp³-hybridized carbons (Fsp3) is 0.182. The lowest BCUT2D eigenvalue weighted by molar-refractivity contribution is -0.137. The molecule has 0 fully saturated rings. The third-order valence-electron chi connectivity index (χ3n) is 2.29. The Morgan fingerprint density at radius 1 is 1.21 bits per heavy atom. The Bertz CT molecular complexity index is 628. The van der Waals surface area contributed by atoms with Crippen molar-refractivity contribution in [3.05, 3.63) is 35.5 Å². The van der Waals surface area contributed by atoms with E-state index in [0.717, 1.165) is 12.1 Å². The van der Waals surface area contributed by atoms with Gasteiger partial charge in [-0.25, -0.2) is 13.2 Å². The summed E-state index contributed by atoms with van der Waals surface area (Å²) in [6.45, 7) is 0. The summed E-state index contributed by atoms with van der Waals surface area (Å²) in [5.74, 6) is -5.82. The van der Waals surface area contributed by atoms with Crippen molar-refractivity contribution >= 4 is 5.97 Å². The molecule has 0 amide bonds. The van der Waals surface area contributed by atoms with Crippen LogP contribution in [0.1, 0.15) is 12.3 Å². The van der Waals surface area contributed by atoms with E-state index < -0.39 is 23.4 Å². The number of rotatable bonds is 4. The smallest absolute Gasteiger partial charge is 0.303 e. The average Bonchev–Trinajstić information content (AvgIpc) is 2.82. The minimum atomic E-state index is -1.64. The zero-order chi connectivity index (χ0) is 14.0. The van der Waals surface area contributed by atoms with E-state index in [2.05, 4.69) is 10.2 Å². The number of carboxylic acid groups (broad SMARTS) is 1. The first-order chi connectivity index (χ1) is 8.99. The number of carboxylic acids is 1. The second kappa shape index (κ2) is 5.09. The summed E-state index contributed by atoms with van der Waals surface area (Å²) in [6.07, 6.45) is -0.268. The van der Waals surface area contributed by atoms with Gasteiger partial charge in [-0.2, -0.15) is 0 Å². The van der Waals surface area contributed by atoms with E-state index in [-0.39, 0.29) is 30.2 Å². The molecule has 0 atom stereocenters. The number of hydrogen-bond acceptors (Lipinski definition) is 4. The fourth-order valence-corrected chi connectivity index (χ4v) is 1.37. The van der Waals surface area contributed by atoms with Gasteiger partial charge < -0.3 is 9.52 Å². The van der Waals surface area contributed by atoms with Crippen LogP contribution in [0.5, 0.6) is 0 Å². The summed E-state index contributed by atoms with van der Waals surface area (Å²) >= 11 is 0. The van der Waals surface area contributed by atoms with Crippen LogP contribution in [0.2, 0.25) is 0 Å². The lowest BCUT2D eigenvalue weighted by atomic mass is 10.2. The lowest BCUT2D eigenvalue weighted by Gasteiger charge is -1.99. The molecular formula is C11H7F3N2O3. The monoisotopic (exact) mass is 272 g/mol. The van der Waals surface area contributed by atoms with Crippen molar-refractivity contribution in [2.75, 3.05) is 0 Å². The van der Waals surface area contributed by atoms with Crippen molar-refractivity contribution in [3.8, 4) is 11.5 Å². The van der Waals surface area contributed by atoms with Crippen LogP contribution in [0.15, 0.2) is 16.5 Å². The molecular weight excluding hydrogens is 265 g/mol. The first kappa shape index (κ1) is 13.1. The van der Waals surface area contributed by atoms with E-state index >= 15 is 0 Å². The van der Waals surface area contributed by atoms with Gasteiger partial charge in [0.2, 0.25) is 5.89 Å². The molecule has 8 heteroatoms. The Morgan fingerprint density at radius 3 is 2.63 bits per heavy atom. The van der Waals surface area contributed by atoms with Gasteiger partial charge in [0, 0.05) is 6.42 Å². The third kappa shape index (κ3) is 2.72. The maximum Gasteiger partial charge on any atom is 0.303 e. The molecule has 1 N–H and O–H groups in total. The summed E-state index contributed by atoms with van der Waals surface area (Å²) in [5, 5.41) is 15.4. The van der Waals surface area contributed by atoms with Crippen LogP contribution in [0, 0.1) is 17.5 Å². The van der Waals surface area contributed by atoms with Crippen LogP contribution in [0.3, 0.4) is 0 Å². The number of nitrogens with zero attached hydrogens (tertiary/aromatic N) is 2. The van der Waals surface area contributed by atoms with Crippen molar-refractivity contribution in [1.29, 1.82) is 0 Å². The number of hydrogen-bond donors (Lipinski definition) is 1. The van der Waals surface area contributed by atoms with Crippen LogP contribution in [-0.2, 0) is 11.2 Å². The normalized spacial score (nSPS) is 10.7. The second-order valence-corrected chi connectivity index (χ2v) is 3.62. The molecule has 0 unspecified atom stereocenters. The second-order valence-electron chi connectivity index (χ2n) is 3.62. The van der Waals surface area contributed by atoms with Crippen LogP contribution in [-0.4, -0.2) is 21.3 Å². The zero-order valence-corrected chi connectivity index (χ0v) is 9.36. The molecule has 2 rings (SSSR count). The number of benzene rings is 1. The molecule has 0 spiro atoms. The molecule has 0 aliphatic heterocycles. The van der Waals surface area contributed by atoms with Crippen molar-refractivity contribution < 1.29 is 27.5 Å². The standard InChI is InChI=1S/C11H7F3N2O3/c12-6-2-1-5(9(13)10(6)14)11-16-15-7(19-11)3-4-8(17)18/h1-2H,3-4H2,(H,17,18). The number of aryl methyl sites for hydroxylation is 1. The van der Waals surface area contributed by atoms with E-state index in [1.165, 1.54) is 0 Å². The molecule has 1 heterocycles. The van der Waals surface area contributed by atoms with Gasteiger partial charge >= 0.3 is 5.97 Å². The van der Waals surface area contributed by atoms with Crippen molar-refractivity contribution in [2.24, 2.45) is 0 Å². The number of aromatic nitrogens is 2. The molecule has 0 saturated carbocycles. The summed E-state index contributed by atoms with van der Waals surface area (Å²) < 4.78 is 44.2. The molecule has 100 valence electrons. The molecule has 19 heavy (non-hydrogen) atoms. The Hall–Kier alpha value is -2.38. The topological polar surface area (TPSA) is 76.2 Å². The van der Waals surface area contributed by atoms with Crippen LogP contribution in [0.25, 0.3) is 11.5 Å². The van der Waals surface area contributed by atoms with Gasteiger partial charge in [0.15, 0.2) is 17.5 Å². The molecule has 1 aromatic heterocycles. The molecule has 0 aliphatic rings. The molecule has 0 saturated heterocycles. The van der Waals surface area contributed by atoms with E-state index in [9.17, 15) is 18.0 Å². The van der Waals surface area contributed by atoms with Gasteiger partial charge in [-0.1, -0.05) is 0 Å². The highest BCUT2D eigenvalue weighted by molar-refractivity contribution is 5.66. The van der Waals surface area contributed by atoms with Gasteiger partial charge in [-0.05, 0) is 12.1 Å². The van der Waals surface area contributed by atoms with Gasteiger partial charge in [0.25, 0.3) is 5.89 Å². The molecule has 5 nitrogen and oxygen atoms in total. The molecule has 0 bridgehead atoms. The predicted molar refractivity (Wildman–Crippen MR) is 55.6 cm³/mol. The summed E-state index contributed by atoms with van der Waals surface area (Å²) in [4.78, 5) is 10.3. The Labute approximate surface area is 104 Å². The highest BCUT2D eigenvalue weighted by Crippen LogP contribution is 2.25. The molecule has 1 aromatic carbocycles. The van der Waals surface area contributed by atoms with Crippen LogP contribution < -0.4 is 0 Å². The number of carbonyl (C=O) groups is 1. The minimum Gasteiger partial charge on any atom is -0.481 e. The summed E-state index contributed by atoms with van der Waals surface area (Å²) in [6, 6.07) is 1.69. The number of aliphatic carboxylic acids is 1. The largest absolute Gasteiger partial charge is 0.481 e. The van der Waals surface area contributed by atoms with E-state index in [1.807, 2.05) is 0 Å². The van der Waals surface area contributed by atoms with Gasteiger partial charge in [0.1, 0.15) is 0 Å². The average molecular weight is 272 g/mol. The highest BCUT2D eigenvalue weighted by atomic mass is 19.2. The Morgan fingerprint density at radius 2 is 1.95 bits per heavy atom. The quantitative estimate of drug-likeness (QED) is 0.863. The van der Waals surface area contributed by atoms with Gasteiger partial charge in [-0.3, -0.25) is 4.79 Å². The minimum absolute atomic E-state index is 0.0264. The molecule has 2 aromatic rings. The van der Waals surface area contributed by atoms with Crippen molar-refractivity contribution in [3.63, 3.8) is 0 Å². The fourth-order valence-electron chi connectivity index (χ4n) is 1.37. The van der Waals surface area contributed by atoms with Crippen LogP contribution in [0.4, 0.5) is 13.2 Å². The van der Waals surface area contributed by atoms with Gasteiger partial charge in [0.05, 0.1) is 12.0 Å².